The average Bonchev–Trinajstić information content (AvgIpc) is 2.84. The molecule has 1 fully saturated rings. The standard InChI is InChI=1S/C23H22N6O/c1-3-19(29-11-13-30-14-12-29)4-2-18(1)20-15-21-22(26-10-9-25-21)23(28-20)27-16-17-5-7-24-8-6-17/h1-10,15H,11-14,16H2,(H,27,28). The Labute approximate surface area is 174 Å². The molecule has 7 heteroatoms. The van der Waals surface area contributed by atoms with Gasteiger partial charge in [0.25, 0.3) is 0 Å². The van der Waals surface area contributed by atoms with Crippen LogP contribution in [0.2, 0.25) is 0 Å². The quantitative estimate of drug-likeness (QED) is 0.551. The molecule has 1 N–H and O–H groups in total. The predicted octanol–water partition coefficient (Wildman–Crippen LogP) is 3.54. The van der Waals surface area contributed by atoms with Crippen molar-refractivity contribution in [3.63, 3.8) is 0 Å². The van der Waals surface area contributed by atoms with Crippen molar-refractivity contribution < 1.29 is 4.74 Å². The summed E-state index contributed by atoms with van der Waals surface area (Å²) in [4.78, 5) is 20.3. The molecular weight excluding hydrogens is 376 g/mol. The highest BCUT2D eigenvalue weighted by Gasteiger charge is 2.13. The number of fused-ring (bicyclic) bond motifs is 1. The van der Waals surface area contributed by atoms with E-state index in [1.807, 2.05) is 18.2 Å². The maximum absolute atomic E-state index is 5.45. The van der Waals surface area contributed by atoms with Gasteiger partial charge in [0, 0.05) is 55.7 Å². The Morgan fingerprint density at radius 2 is 1.67 bits per heavy atom. The number of benzene rings is 1. The first-order valence-corrected chi connectivity index (χ1v) is 10.0. The van der Waals surface area contributed by atoms with Crippen LogP contribution in [0.5, 0.6) is 0 Å². The van der Waals surface area contributed by atoms with Crippen LogP contribution in [0.1, 0.15) is 5.56 Å². The lowest BCUT2D eigenvalue weighted by atomic mass is 10.1. The van der Waals surface area contributed by atoms with Crippen LogP contribution in [-0.2, 0) is 11.3 Å². The van der Waals surface area contributed by atoms with Crippen molar-refractivity contribution in [1.29, 1.82) is 0 Å². The van der Waals surface area contributed by atoms with Gasteiger partial charge in [-0.05, 0) is 35.9 Å². The monoisotopic (exact) mass is 398 g/mol. The Hall–Kier alpha value is -3.58. The molecule has 0 unspecified atom stereocenters. The molecule has 0 spiro atoms. The summed E-state index contributed by atoms with van der Waals surface area (Å²) < 4.78 is 5.45. The summed E-state index contributed by atoms with van der Waals surface area (Å²) in [5.74, 6) is 0.727. The highest BCUT2D eigenvalue weighted by Crippen LogP contribution is 2.27. The van der Waals surface area contributed by atoms with Gasteiger partial charge in [-0.15, -0.1) is 0 Å². The van der Waals surface area contributed by atoms with E-state index in [4.69, 9.17) is 9.72 Å². The minimum Gasteiger partial charge on any atom is -0.378 e. The molecule has 4 heterocycles. The third kappa shape index (κ3) is 3.92. The number of ether oxygens (including phenoxy) is 1. The van der Waals surface area contributed by atoms with Gasteiger partial charge in [-0.3, -0.25) is 9.97 Å². The fourth-order valence-electron chi connectivity index (χ4n) is 3.59. The van der Waals surface area contributed by atoms with Crippen molar-refractivity contribution in [3.8, 4) is 11.3 Å². The molecule has 1 aliphatic heterocycles. The first-order valence-electron chi connectivity index (χ1n) is 10.0. The molecule has 7 nitrogen and oxygen atoms in total. The van der Waals surface area contributed by atoms with Gasteiger partial charge in [-0.1, -0.05) is 12.1 Å². The summed E-state index contributed by atoms with van der Waals surface area (Å²) in [5, 5.41) is 3.41. The van der Waals surface area contributed by atoms with E-state index in [1.54, 1.807) is 24.8 Å². The Balaban J connectivity index is 1.45. The van der Waals surface area contributed by atoms with Gasteiger partial charge in [-0.25, -0.2) is 9.97 Å². The second-order valence-electron chi connectivity index (χ2n) is 7.14. The van der Waals surface area contributed by atoms with Gasteiger partial charge in [0.05, 0.1) is 24.4 Å². The smallest absolute Gasteiger partial charge is 0.155 e. The maximum atomic E-state index is 5.45. The molecule has 0 bridgehead atoms. The molecular formula is C23H22N6O. The molecule has 0 saturated carbocycles. The van der Waals surface area contributed by atoms with E-state index in [0.717, 1.165) is 60.0 Å². The Morgan fingerprint density at radius 3 is 2.47 bits per heavy atom. The van der Waals surface area contributed by atoms with Crippen LogP contribution in [0.4, 0.5) is 11.5 Å². The highest BCUT2D eigenvalue weighted by atomic mass is 16.5. The van der Waals surface area contributed by atoms with Crippen LogP contribution in [0.25, 0.3) is 22.3 Å². The zero-order valence-corrected chi connectivity index (χ0v) is 16.5. The first-order chi connectivity index (χ1) is 14.9. The van der Waals surface area contributed by atoms with Gasteiger partial charge >= 0.3 is 0 Å². The van der Waals surface area contributed by atoms with Gasteiger partial charge in [0.1, 0.15) is 5.52 Å². The molecule has 1 saturated heterocycles. The summed E-state index contributed by atoms with van der Waals surface area (Å²) in [6, 6.07) is 14.5. The molecule has 3 aromatic heterocycles. The zero-order valence-electron chi connectivity index (χ0n) is 16.5. The van der Waals surface area contributed by atoms with E-state index in [2.05, 4.69) is 49.4 Å². The SMILES string of the molecule is c1cc(CNc2nc(-c3ccc(N4CCOCC4)cc3)cc3nccnc23)ccn1. The van der Waals surface area contributed by atoms with Crippen molar-refractivity contribution in [2.75, 3.05) is 36.5 Å². The second-order valence-corrected chi connectivity index (χ2v) is 7.14. The van der Waals surface area contributed by atoms with Crippen molar-refractivity contribution in [1.82, 2.24) is 19.9 Å². The molecule has 0 atom stereocenters. The van der Waals surface area contributed by atoms with Crippen LogP contribution in [-0.4, -0.2) is 46.2 Å². The van der Waals surface area contributed by atoms with Gasteiger partial charge in [-0.2, -0.15) is 0 Å². The molecule has 0 aliphatic carbocycles. The molecule has 5 rings (SSSR count). The van der Waals surface area contributed by atoms with Crippen LogP contribution >= 0.6 is 0 Å². The number of nitrogens with zero attached hydrogens (tertiary/aromatic N) is 5. The lowest BCUT2D eigenvalue weighted by molar-refractivity contribution is 0.122. The van der Waals surface area contributed by atoms with Gasteiger partial charge < -0.3 is 15.0 Å². The summed E-state index contributed by atoms with van der Waals surface area (Å²) in [6.45, 7) is 4.04. The third-order valence-corrected chi connectivity index (χ3v) is 5.21. The summed E-state index contributed by atoms with van der Waals surface area (Å²) in [5.41, 5.74) is 5.83. The van der Waals surface area contributed by atoms with Crippen molar-refractivity contribution >= 4 is 22.5 Å². The fraction of sp³-hybridized carbons (Fsp3) is 0.217. The van der Waals surface area contributed by atoms with Gasteiger partial charge in [0.2, 0.25) is 0 Å². The normalized spacial score (nSPS) is 14.1. The lowest BCUT2D eigenvalue weighted by Crippen LogP contribution is -2.36. The Kier molecular flexibility index (Phi) is 5.18. The number of rotatable bonds is 5. The summed E-state index contributed by atoms with van der Waals surface area (Å²) in [6.07, 6.45) is 6.97. The molecule has 30 heavy (non-hydrogen) atoms. The van der Waals surface area contributed by atoms with E-state index in [9.17, 15) is 0 Å². The van der Waals surface area contributed by atoms with Crippen LogP contribution in [0, 0.1) is 0 Å². The van der Waals surface area contributed by atoms with E-state index >= 15 is 0 Å². The van der Waals surface area contributed by atoms with E-state index < -0.39 is 0 Å². The molecule has 150 valence electrons. The molecule has 1 aromatic carbocycles. The van der Waals surface area contributed by atoms with Crippen molar-refractivity contribution in [2.24, 2.45) is 0 Å². The van der Waals surface area contributed by atoms with E-state index in [1.165, 1.54) is 5.69 Å². The number of morpholine rings is 1. The topological polar surface area (TPSA) is 76.1 Å². The second kappa shape index (κ2) is 8.42. The number of anilines is 2. The number of nitrogens with one attached hydrogen (secondary N) is 1. The number of aromatic nitrogens is 4. The number of hydrogen-bond donors (Lipinski definition) is 1. The predicted molar refractivity (Wildman–Crippen MR) is 117 cm³/mol. The molecule has 1 aliphatic rings. The molecule has 0 amide bonds. The van der Waals surface area contributed by atoms with Crippen LogP contribution < -0.4 is 10.2 Å². The fourth-order valence-corrected chi connectivity index (χ4v) is 3.59. The maximum Gasteiger partial charge on any atom is 0.155 e. The largest absolute Gasteiger partial charge is 0.378 e. The van der Waals surface area contributed by atoms with Crippen LogP contribution in [0.3, 0.4) is 0 Å². The number of pyridine rings is 2. The average molecular weight is 398 g/mol. The Bertz CT molecular complexity index is 1130. The highest BCUT2D eigenvalue weighted by molar-refractivity contribution is 5.88. The van der Waals surface area contributed by atoms with Crippen molar-refractivity contribution in [2.45, 2.75) is 6.54 Å². The summed E-state index contributed by atoms with van der Waals surface area (Å²) >= 11 is 0. The zero-order chi connectivity index (χ0) is 20.2. The third-order valence-electron chi connectivity index (χ3n) is 5.21. The van der Waals surface area contributed by atoms with Gasteiger partial charge in [0.15, 0.2) is 5.82 Å². The summed E-state index contributed by atoms with van der Waals surface area (Å²) in [7, 11) is 0. The van der Waals surface area contributed by atoms with Crippen LogP contribution in [0.15, 0.2) is 67.3 Å². The lowest BCUT2D eigenvalue weighted by Gasteiger charge is -2.28. The van der Waals surface area contributed by atoms with Crippen molar-refractivity contribution in [3.05, 3.63) is 72.8 Å². The number of hydrogen-bond acceptors (Lipinski definition) is 7. The van der Waals surface area contributed by atoms with E-state index in [-0.39, 0.29) is 0 Å². The minimum atomic E-state index is 0.640. The molecule has 0 radical (unpaired) electrons. The molecule has 4 aromatic rings. The Morgan fingerprint density at radius 1 is 0.900 bits per heavy atom. The first kappa shape index (κ1) is 18.4. The van der Waals surface area contributed by atoms with E-state index in [0.29, 0.717) is 6.54 Å². The minimum absolute atomic E-state index is 0.640.